The molecule has 0 aliphatic heterocycles. The summed E-state index contributed by atoms with van der Waals surface area (Å²) in [7, 11) is 0. The van der Waals surface area contributed by atoms with E-state index >= 15 is 0 Å². The van der Waals surface area contributed by atoms with Crippen LogP contribution in [0.5, 0.6) is 5.75 Å². The predicted octanol–water partition coefficient (Wildman–Crippen LogP) is 3.88. The molecule has 0 heterocycles. The first-order valence-electron chi connectivity index (χ1n) is 8.07. The number of carbonyl (C=O) groups excluding carboxylic acids is 1. The molecule has 0 aromatic heterocycles. The molecular weight excluding hydrogens is 488 g/mol. The summed E-state index contributed by atoms with van der Waals surface area (Å²) in [4.78, 5) is 15.8. The van der Waals surface area contributed by atoms with Crippen molar-refractivity contribution in [3.63, 3.8) is 0 Å². The average molecular weight is 508 g/mol. The number of rotatable bonds is 6. The molecule has 0 fully saturated rings. The van der Waals surface area contributed by atoms with E-state index in [4.69, 9.17) is 5.73 Å². The Kier molecular flexibility index (Phi) is 9.03. The lowest BCUT2D eigenvalue weighted by atomic mass is 10.1. The van der Waals surface area contributed by atoms with Gasteiger partial charge in [0.15, 0.2) is 11.7 Å². The zero-order chi connectivity index (χ0) is 19.9. The predicted molar refractivity (Wildman–Crippen MR) is 112 cm³/mol. The number of alkyl halides is 3. The van der Waals surface area contributed by atoms with Crippen molar-refractivity contribution < 1.29 is 22.7 Å². The van der Waals surface area contributed by atoms with Gasteiger partial charge in [-0.2, -0.15) is 0 Å². The second kappa shape index (κ2) is 10.7. The number of guanidine groups is 1. The summed E-state index contributed by atoms with van der Waals surface area (Å²) in [5.41, 5.74) is 7.09. The number of para-hydroxylation sites is 2. The fraction of sp³-hybridized carbons (Fsp3) is 0.222. The highest BCUT2D eigenvalue weighted by atomic mass is 127. The summed E-state index contributed by atoms with van der Waals surface area (Å²) < 4.78 is 41.2. The fourth-order valence-corrected chi connectivity index (χ4v) is 2.16. The number of hydrogen-bond acceptors (Lipinski definition) is 3. The molecule has 2 aromatic carbocycles. The molecule has 28 heavy (non-hydrogen) atoms. The van der Waals surface area contributed by atoms with Gasteiger partial charge in [-0.1, -0.05) is 24.3 Å². The zero-order valence-corrected chi connectivity index (χ0v) is 17.2. The molecule has 0 atom stereocenters. The molecular formula is C18H20F3IN4O2. The highest BCUT2D eigenvalue weighted by Crippen LogP contribution is 2.29. The van der Waals surface area contributed by atoms with Crippen LogP contribution in [0.25, 0.3) is 0 Å². The maximum Gasteiger partial charge on any atom is 0.573 e. The number of amides is 1. The number of nitrogens with two attached hydrogens (primary N) is 1. The van der Waals surface area contributed by atoms with Gasteiger partial charge in [0.25, 0.3) is 5.91 Å². The van der Waals surface area contributed by atoms with Crippen molar-refractivity contribution >= 4 is 41.5 Å². The quantitative estimate of drug-likeness (QED) is 0.314. The van der Waals surface area contributed by atoms with Crippen molar-refractivity contribution in [3.05, 3.63) is 59.7 Å². The third kappa shape index (κ3) is 7.62. The molecule has 2 rings (SSSR count). The molecule has 10 heteroatoms. The second-order valence-electron chi connectivity index (χ2n) is 5.43. The van der Waals surface area contributed by atoms with Crippen LogP contribution in [-0.4, -0.2) is 24.8 Å². The molecule has 4 N–H and O–H groups in total. The van der Waals surface area contributed by atoms with E-state index in [-0.39, 0.29) is 48.1 Å². The largest absolute Gasteiger partial charge is 0.573 e. The number of anilines is 1. The van der Waals surface area contributed by atoms with E-state index in [1.807, 2.05) is 6.92 Å². The van der Waals surface area contributed by atoms with E-state index in [0.29, 0.717) is 12.1 Å². The summed E-state index contributed by atoms with van der Waals surface area (Å²) in [6.45, 7) is 2.55. The van der Waals surface area contributed by atoms with Crippen LogP contribution in [0.3, 0.4) is 0 Å². The molecule has 6 nitrogen and oxygen atoms in total. The van der Waals surface area contributed by atoms with Gasteiger partial charge in [0.05, 0.1) is 12.2 Å². The van der Waals surface area contributed by atoms with Gasteiger partial charge in [0, 0.05) is 12.1 Å². The molecule has 0 bridgehead atoms. The Balaban J connectivity index is 0.00000392. The summed E-state index contributed by atoms with van der Waals surface area (Å²) >= 11 is 0. The molecule has 0 spiro atoms. The van der Waals surface area contributed by atoms with Gasteiger partial charge < -0.3 is 21.1 Å². The summed E-state index contributed by atoms with van der Waals surface area (Å²) in [6.07, 6.45) is -4.81. The Morgan fingerprint density at radius 1 is 1.14 bits per heavy atom. The van der Waals surface area contributed by atoms with E-state index in [2.05, 4.69) is 20.4 Å². The number of nitrogens with zero attached hydrogens (tertiary/aromatic N) is 1. The van der Waals surface area contributed by atoms with Crippen molar-refractivity contribution in [2.75, 3.05) is 11.9 Å². The Morgan fingerprint density at radius 2 is 1.79 bits per heavy atom. The lowest BCUT2D eigenvalue weighted by Crippen LogP contribution is -2.24. The van der Waals surface area contributed by atoms with Crippen LogP contribution in [0.4, 0.5) is 18.9 Å². The Hall–Kier alpha value is -2.50. The number of halogens is 4. The van der Waals surface area contributed by atoms with E-state index in [1.165, 1.54) is 18.2 Å². The molecule has 1 amide bonds. The molecule has 0 aliphatic carbocycles. The highest BCUT2D eigenvalue weighted by Gasteiger charge is 2.32. The number of aliphatic imine (C=N–C) groups is 1. The van der Waals surface area contributed by atoms with Gasteiger partial charge in [0.1, 0.15) is 0 Å². The van der Waals surface area contributed by atoms with E-state index in [9.17, 15) is 18.0 Å². The summed E-state index contributed by atoms with van der Waals surface area (Å²) in [5, 5.41) is 5.28. The Morgan fingerprint density at radius 3 is 2.39 bits per heavy atom. The number of ether oxygens (including phenoxy) is 1. The number of benzene rings is 2. The Bertz CT molecular complexity index is 811. The third-order valence-electron chi connectivity index (χ3n) is 3.36. The minimum Gasteiger partial charge on any atom is -0.404 e. The van der Waals surface area contributed by atoms with Crippen LogP contribution in [0.1, 0.15) is 22.8 Å². The maximum atomic E-state index is 12.4. The minimum atomic E-state index is -4.81. The molecule has 0 saturated heterocycles. The van der Waals surface area contributed by atoms with Crippen molar-refractivity contribution in [3.8, 4) is 5.75 Å². The molecule has 0 radical (unpaired) electrons. The standard InChI is InChI=1S/C18H19F3N4O2.HI/c1-2-23-16(26)13-9-7-12(8-10-13)11-24-17(22)25-14-5-3-4-6-15(14)27-18(19,20)21;/h3-10H,2,11H2,1H3,(H,23,26)(H3,22,24,25);1H. The molecule has 0 saturated carbocycles. The first kappa shape index (κ1) is 23.5. The third-order valence-corrected chi connectivity index (χ3v) is 3.36. The van der Waals surface area contributed by atoms with Crippen molar-refractivity contribution in [2.24, 2.45) is 10.7 Å². The van der Waals surface area contributed by atoms with Gasteiger partial charge in [0.2, 0.25) is 0 Å². The van der Waals surface area contributed by atoms with Crippen LogP contribution in [0.2, 0.25) is 0 Å². The van der Waals surface area contributed by atoms with Gasteiger partial charge in [-0.3, -0.25) is 4.79 Å². The lowest BCUT2D eigenvalue weighted by molar-refractivity contribution is -0.274. The first-order chi connectivity index (χ1) is 12.8. The number of carbonyl (C=O) groups is 1. The minimum absolute atomic E-state index is 0. The fourth-order valence-electron chi connectivity index (χ4n) is 2.16. The van der Waals surface area contributed by atoms with Crippen LogP contribution in [0, 0.1) is 0 Å². The first-order valence-corrected chi connectivity index (χ1v) is 8.07. The van der Waals surface area contributed by atoms with E-state index in [0.717, 1.165) is 5.56 Å². The Labute approximate surface area is 177 Å². The van der Waals surface area contributed by atoms with Crippen molar-refractivity contribution in [1.82, 2.24) is 5.32 Å². The molecule has 2 aromatic rings. The van der Waals surface area contributed by atoms with Crippen LogP contribution >= 0.6 is 24.0 Å². The highest BCUT2D eigenvalue weighted by molar-refractivity contribution is 14.0. The van der Waals surface area contributed by atoms with Gasteiger partial charge in [-0.25, -0.2) is 4.99 Å². The van der Waals surface area contributed by atoms with Gasteiger partial charge >= 0.3 is 6.36 Å². The SMILES string of the molecule is CCNC(=O)c1ccc(CN=C(N)Nc2ccccc2OC(F)(F)F)cc1.I. The normalized spacial score (nSPS) is 11.4. The lowest BCUT2D eigenvalue weighted by Gasteiger charge is -2.14. The second-order valence-corrected chi connectivity index (χ2v) is 5.43. The molecule has 152 valence electrons. The smallest absolute Gasteiger partial charge is 0.404 e. The number of nitrogens with one attached hydrogen (secondary N) is 2. The van der Waals surface area contributed by atoms with Crippen LogP contribution in [-0.2, 0) is 6.54 Å². The number of hydrogen-bond donors (Lipinski definition) is 3. The van der Waals surface area contributed by atoms with Gasteiger partial charge in [-0.05, 0) is 36.8 Å². The van der Waals surface area contributed by atoms with Crippen molar-refractivity contribution in [1.29, 1.82) is 0 Å². The van der Waals surface area contributed by atoms with Crippen molar-refractivity contribution in [2.45, 2.75) is 19.8 Å². The monoisotopic (exact) mass is 508 g/mol. The van der Waals surface area contributed by atoms with E-state index in [1.54, 1.807) is 30.3 Å². The summed E-state index contributed by atoms with van der Waals surface area (Å²) in [6, 6.07) is 12.3. The topological polar surface area (TPSA) is 88.7 Å². The van der Waals surface area contributed by atoms with Crippen LogP contribution < -0.4 is 21.1 Å². The summed E-state index contributed by atoms with van der Waals surface area (Å²) in [5.74, 6) is -0.648. The molecule has 0 unspecified atom stereocenters. The molecule has 0 aliphatic rings. The van der Waals surface area contributed by atoms with E-state index < -0.39 is 12.1 Å². The zero-order valence-electron chi connectivity index (χ0n) is 14.9. The average Bonchev–Trinajstić information content (AvgIpc) is 2.61. The van der Waals surface area contributed by atoms with Crippen LogP contribution in [0.15, 0.2) is 53.5 Å². The maximum absolute atomic E-state index is 12.4. The van der Waals surface area contributed by atoms with Gasteiger partial charge in [-0.15, -0.1) is 37.1 Å².